The van der Waals surface area contributed by atoms with Crippen LogP contribution in [0.5, 0.6) is 0 Å². The molecule has 134 valence electrons. The third-order valence-electron chi connectivity index (χ3n) is 4.37. The Bertz CT molecular complexity index is 785. The molecule has 0 saturated carbocycles. The summed E-state index contributed by atoms with van der Waals surface area (Å²) in [7, 11) is -3.46. The van der Waals surface area contributed by atoms with Gasteiger partial charge in [0.2, 0.25) is 10.0 Å². The van der Waals surface area contributed by atoms with Crippen LogP contribution in [0.4, 0.5) is 5.69 Å². The van der Waals surface area contributed by atoms with Gasteiger partial charge in [0.15, 0.2) is 0 Å². The maximum atomic E-state index is 12.9. The van der Waals surface area contributed by atoms with E-state index in [0.717, 1.165) is 11.3 Å². The Morgan fingerprint density at radius 2 is 1.68 bits per heavy atom. The molecule has 1 aliphatic rings. The molecule has 1 aliphatic heterocycles. The standard InChI is InChI=1S/C19H24N2O3S/c1-2-24-16-17-7-6-10-19(15-17)25(22,23)21-13-11-20(12-14-21)18-8-4-3-5-9-18/h3-10,15H,2,11-14,16H2,1H3. The molecule has 6 heteroatoms. The van der Waals surface area contributed by atoms with Crippen LogP contribution >= 0.6 is 0 Å². The van der Waals surface area contributed by atoms with Crippen molar-refractivity contribution in [2.24, 2.45) is 0 Å². The maximum absolute atomic E-state index is 12.9. The Hall–Kier alpha value is -1.89. The molecule has 2 aromatic rings. The minimum Gasteiger partial charge on any atom is -0.377 e. The lowest BCUT2D eigenvalue weighted by Crippen LogP contribution is -2.48. The van der Waals surface area contributed by atoms with Crippen LogP contribution in [0.3, 0.4) is 0 Å². The molecule has 3 rings (SSSR count). The highest BCUT2D eigenvalue weighted by molar-refractivity contribution is 7.89. The number of hydrogen-bond acceptors (Lipinski definition) is 4. The Morgan fingerprint density at radius 1 is 0.960 bits per heavy atom. The summed E-state index contributed by atoms with van der Waals surface area (Å²) in [6.45, 7) is 5.34. The lowest BCUT2D eigenvalue weighted by Gasteiger charge is -2.35. The van der Waals surface area contributed by atoms with E-state index in [-0.39, 0.29) is 0 Å². The molecule has 0 bridgehead atoms. The molecule has 0 aromatic heterocycles. The third-order valence-corrected chi connectivity index (χ3v) is 6.26. The molecule has 0 aliphatic carbocycles. The van der Waals surface area contributed by atoms with Crippen molar-refractivity contribution in [1.82, 2.24) is 4.31 Å². The van der Waals surface area contributed by atoms with Gasteiger partial charge in [-0.1, -0.05) is 30.3 Å². The fourth-order valence-electron chi connectivity index (χ4n) is 2.99. The molecule has 1 heterocycles. The van der Waals surface area contributed by atoms with Crippen LogP contribution in [-0.2, 0) is 21.4 Å². The third kappa shape index (κ3) is 4.21. The van der Waals surface area contributed by atoms with Crippen LogP contribution in [0.2, 0.25) is 0 Å². The first kappa shape index (κ1) is 17.9. The molecule has 25 heavy (non-hydrogen) atoms. The number of ether oxygens (including phenoxy) is 1. The van der Waals surface area contributed by atoms with Gasteiger partial charge in [0, 0.05) is 38.5 Å². The number of rotatable bonds is 6. The van der Waals surface area contributed by atoms with Crippen molar-refractivity contribution >= 4 is 15.7 Å². The number of anilines is 1. The van der Waals surface area contributed by atoms with Gasteiger partial charge in [-0.3, -0.25) is 0 Å². The predicted molar refractivity (Wildman–Crippen MR) is 99.2 cm³/mol. The second-order valence-electron chi connectivity index (χ2n) is 6.01. The van der Waals surface area contributed by atoms with Crippen molar-refractivity contribution in [1.29, 1.82) is 0 Å². The zero-order valence-corrected chi connectivity index (χ0v) is 15.3. The van der Waals surface area contributed by atoms with E-state index < -0.39 is 10.0 Å². The number of sulfonamides is 1. The number of nitrogens with zero attached hydrogens (tertiary/aromatic N) is 2. The molecule has 0 spiro atoms. The van der Waals surface area contributed by atoms with Crippen LogP contribution in [0, 0.1) is 0 Å². The van der Waals surface area contributed by atoms with E-state index in [0.29, 0.717) is 44.3 Å². The number of piperazine rings is 1. The Balaban J connectivity index is 1.69. The number of hydrogen-bond donors (Lipinski definition) is 0. The van der Waals surface area contributed by atoms with Gasteiger partial charge >= 0.3 is 0 Å². The Morgan fingerprint density at radius 3 is 2.36 bits per heavy atom. The van der Waals surface area contributed by atoms with Gasteiger partial charge in [0.1, 0.15) is 0 Å². The van der Waals surface area contributed by atoms with Crippen molar-refractivity contribution < 1.29 is 13.2 Å². The first-order valence-corrected chi connectivity index (χ1v) is 10.0. The lowest BCUT2D eigenvalue weighted by molar-refractivity contribution is 0.134. The summed E-state index contributed by atoms with van der Waals surface area (Å²) >= 11 is 0. The molecule has 5 nitrogen and oxygen atoms in total. The van der Waals surface area contributed by atoms with Crippen molar-refractivity contribution in [3.8, 4) is 0 Å². The van der Waals surface area contributed by atoms with Crippen molar-refractivity contribution in [2.45, 2.75) is 18.4 Å². The summed E-state index contributed by atoms with van der Waals surface area (Å²) in [6.07, 6.45) is 0. The SMILES string of the molecule is CCOCc1cccc(S(=O)(=O)N2CCN(c3ccccc3)CC2)c1. The second kappa shape index (κ2) is 7.99. The number of para-hydroxylation sites is 1. The molecule has 1 saturated heterocycles. The summed E-state index contributed by atoms with van der Waals surface area (Å²) in [4.78, 5) is 2.57. The van der Waals surface area contributed by atoms with Crippen LogP contribution in [0.15, 0.2) is 59.5 Å². The van der Waals surface area contributed by atoms with Crippen LogP contribution < -0.4 is 4.90 Å². The minimum absolute atomic E-state index is 0.345. The lowest BCUT2D eigenvalue weighted by atomic mass is 10.2. The van der Waals surface area contributed by atoms with Gasteiger partial charge < -0.3 is 9.64 Å². The Labute approximate surface area is 149 Å². The molecule has 1 fully saturated rings. The normalized spacial score (nSPS) is 16.1. The summed E-state index contributed by atoms with van der Waals surface area (Å²) in [5, 5.41) is 0. The number of benzene rings is 2. The smallest absolute Gasteiger partial charge is 0.243 e. The van der Waals surface area contributed by atoms with E-state index in [2.05, 4.69) is 17.0 Å². The van der Waals surface area contributed by atoms with Gasteiger partial charge in [-0.2, -0.15) is 4.31 Å². The second-order valence-corrected chi connectivity index (χ2v) is 7.95. The van der Waals surface area contributed by atoms with Crippen molar-refractivity contribution in [3.63, 3.8) is 0 Å². The topological polar surface area (TPSA) is 49.9 Å². The quantitative estimate of drug-likeness (QED) is 0.795. The average Bonchev–Trinajstić information content (AvgIpc) is 2.67. The summed E-state index contributed by atoms with van der Waals surface area (Å²) in [5.41, 5.74) is 2.02. The zero-order chi connectivity index (χ0) is 17.7. The van der Waals surface area contributed by atoms with E-state index in [4.69, 9.17) is 4.74 Å². The first-order valence-electron chi connectivity index (χ1n) is 8.58. The van der Waals surface area contributed by atoms with Gasteiger partial charge in [-0.15, -0.1) is 0 Å². The summed E-state index contributed by atoms with van der Waals surface area (Å²) < 4.78 is 32.8. The molecular formula is C19H24N2O3S. The first-order chi connectivity index (χ1) is 12.1. The van der Waals surface area contributed by atoms with E-state index in [1.165, 1.54) is 0 Å². The summed E-state index contributed by atoms with van der Waals surface area (Å²) in [6, 6.07) is 17.2. The fraction of sp³-hybridized carbons (Fsp3) is 0.368. The van der Waals surface area contributed by atoms with E-state index in [1.807, 2.05) is 31.2 Å². The van der Waals surface area contributed by atoms with Gasteiger partial charge in [0.25, 0.3) is 0 Å². The van der Waals surface area contributed by atoms with Crippen LogP contribution in [0.25, 0.3) is 0 Å². The van der Waals surface area contributed by atoms with E-state index in [9.17, 15) is 8.42 Å². The fourth-order valence-corrected chi connectivity index (χ4v) is 4.48. The monoisotopic (exact) mass is 360 g/mol. The molecule has 2 aromatic carbocycles. The molecule has 0 N–H and O–H groups in total. The van der Waals surface area contributed by atoms with Crippen LogP contribution in [-0.4, -0.2) is 45.5 Å². The molecular weight excluding hydrogens is 336 g/mol. The Kier molecular flexibility index (Phi) is 5.73. The molecule has 0 atom stereocenters. The van der Waals surface area contributed by atoms with Gasteiger partial charge in [0.05, 0.1) is 11.5 Å². The average molecular weight is 360 g/mol. The summed E-state index contributed by atoms with van der Waals surface area (Å²) in [5.74, 6) is 0. The van der Waals surface area contributed by atoms with Gasteiger partial charge in [-0.25, -0.2) is 8.42 Å². The molecule has 0 unspecified atom stereocenters. The minimum atomic E-state index is -3.46. The zero-order valence-electron chi connectivity index (χ0n) is 14.5. The predicted octanol–water partition coefficient (Wildman–Crippen LogP) is 2.73. The van der Waals surface area contributed by atoms with Crippen molar-refractivity contribution in [2.75, 3.05) is 37.7 Å². The van der Waals surface area contributed by atoms with Crippen LogP contribution in [0.1, 0.15) is 12.5 Å². The molecule has 0 amide bonds. The highest BCUT2D eigenvalue weighted by Crippen LogP contribution is 2.21. The van der Waals surface area contributed by atoms with E-state index in [1.54, 1.807) is 22.5 Å². The maximum Gasteiger partial charge on any atom is 0.243 e. The largest absolute Gasteiger partial charge is 0.377 e. The highest BCUT2D eigenvalue weighted by atomic mass is 32.2. The van der Waals surface area contributed by atoms with Crippen molar-refractivity contribution in [3.05, 3.63) is 60.2 Å². The molecule has 0 radical (unpaired) electrons. The van der Waals surface area contributed by atoms with E-state index >= 15 is 0 Å². The highest BCUT2D eigenvalue weighted by Gasteiger charge is 2.28. The van der Waals surface area contributed by atoms with Gasteiger partial charge in [-0.05, 0) is 36.8 Å².